The molecule has 0 radical (unpaired) electrons. The van der Waals surface area contributed by atoms with Crippen molar-refractivity contribution in [2.24, 2.45) is 11.3 Å². The van der Waals surface area contributed by atoms with E-state index in [1.807, 2.05) is 0 Å². The Morgan fingerprint density at radius 2 is 1.93 bits per heavy atom. The smallest absolute Gasteiger partial charge is 0.247 e. The van der Waals surface area contributed by atoms with Gasteiger partial charge in [0, 0.05) is 25.6 Å². The van der Waals surface area contributed by atoms with Crippen molar-refractivity contribution >= 4 is 15.9 Å². The Hall–Kier alpha value is -1.64. The van der Waals surface area contributed by atoms with Gasteiger partial charge in [-0.15, -0.1) is 0 Å². The molecule has 0 aliphatic carbocycles. The molecule has 2 aliphatic rings. The first-order valence-electron chi connectivity index (χ1n) is 9.91. The maximum absolute atomic E-state index is 13.3. The van der Waals surface area contributed by atoms with Crippen molar-refractivity contribution in [2.45, 2.75) is 31.6 Å². The van der Waals surface area contributed by atoms with Gasteiger partial charge < -0.3 is 15.0 Å². The van der Waals surface area contributed by atoms with Gasteiger partial charge in [-0.1, -0.05) is 26.0 Å². The highest BCUT2D eigenvalue weighted by Crippen LogP contribution is 2.39. The number of likely N-dealkylation sites (N-methyl/N-ethyl adjacent to an activating group) is 1. The number of ether oxygens (including phenoxy) is 1. The number of hydrogen-bond donors (Lipinski definition) is 1. The lowest BCUT2D eigenvalue weighted by Crippen LogP contribution is -2.53. The molecule has 1 amide bonds. The predicted molar refractivity (Wildman–Crippen MR) is 108 cm³/mol. The molecule has 2 heterocycles. The maximum Gasteiger partial charge on any atom is 0.247 e. The number of benzene rings is 1. The van der Waals surface area contributed by atoms with Crippen LogP contribution in [0.1, 0.15) is 26.7 Å². The second-order valence-electron chi connectivity index (χ2n) is 8.38. The molecule has 1 aromatic rings. The first-order chi connectivity index (χ1) is 13.3. The third-order valence-electron chi connectivity index (χ3n) is 5.65. The number of nitrogens with one attached hydrogen (secondary N) is 1. The Morgan fingerprint density at radius 3 is 2.57 bits per heavy atom. The summed E-state index contributed by atoms with van der Waals surface area (Å²) in [6.07, 6.45) is 1.70. The number of amides is 1. The van der Waals surface area contributed by atoms with E-state index in [-0.39, 0.29) is 22.8 Å². The number of para-hydroxylation sites is 1. The topological polar surface area (TPSA) is 79.0 Å². The summed E-state index contributed by atoms with van der Waals surface area (Å²) >= 11 is 0. The van der Waals surface area contributed by atoms with E-state index in [4.69, 9.17) is 4.74 Å². The van der Waals surface area contributed by atoms with Gasteiger partial charge in [-0.2, -0.15) is 4.31 Å². The minimum Gasteiger partial charge on any atom is -0.492 e. The molecule has 1 saturated heterocycles. The summed E-state index contributed by atoms with van der Waals surface area (Å²) in [5.74, 6) is 0.655. The molecule has 1 spiro atoms. The van der Waals surface area contributed by atoms with E-state index in [0.717, 1.165) is 32.5 Å². The molecule has 156 valence electrons. The van der Waals surface area contributed by atoms with Gasteiger partial charge in [0.15, 0.2) is 0 Å². The number of nitrogens with zero attached hydrogens (tertiary/aromatic N) is 2. The second kappa shape index (κ2) is 8.39. The lowest BCUT2D eigenvalue weighted by atomic mass is 9.78. The SMILES string of the molecule is CNC(=O)CN1CC2(CCN(CC(C)C)CC2)COc2ccccc2S1(=O)=O. The lowest BCUT2D eigenvalue weighted by Gasteiger charge is -2.45. The van der Waals surface area contributed by atoms with Crippen molar-refractivity contribution < 1.29 is 17.9 Å². The molecule has 1 aromatic carbocycles. The quantitative estimate of drug-likeness (QED) is 0.816. The molecule has 3 rings (SSSR count). The van der Waals surface area contributed by atoms with Crippen LogP contribution in [0.25, 0.3) is 0 Å². The summed E-state index contributed by atoms with van der Waals surface area (Å²) < 4.78 is 34.0. The molecule has 28 heavy (non-hydrogen) atoms. The van der Waals surface area contributed by atoms with Crippen molar-refractivity contribution in [2.75, 3.05) is 46.4 Å². The maximum atomic E-state index is 13.3. The van der Waals surface area contributed by atoms with Crippen LogP contribution in [-0.2, 0) is 14.8 Å². The minimum atomic E-state index is -3.82. The third kappa shape index (κ3) is 4.50. The summed E-state index contributed by atoms with van der Waals surface area (Å²) in [5, 5.41) is 2.55. The second-order valence-corrected chi connectivity index (χ2v) is 10.3. The number of likely N-dealkylation sites (tertiary alicyclic amines) is 1. The largest absolute Gasteiger partial charge is 0.492 e. The Morgan fingerprint density at radius 1 is 1.25 bits per heavy atom. The van der Waals surface area contributed by atoms with Gasteiger partial charge in [-0.05, 0) is 44.0 Å². The van der Waals surface area contributed by atoms with Crippen LogP contribution in [-0.4, -0.2) is 69.9 Å². The summed E-state index contributed by atoms with van der Waals surface area (Å²) in [5.41, 5.74) is -0.290. The molecule has 8 heteroatoms. The van der Waals surface area contributed by atoms with Gasteiger partial charge in [0.2, 0.25) is 15.9 Å². The standard InChI is InChI=1S/C20H31N3O4S/c1-16(2)12-22-10-8-20(9-11-22)14-23(13-19(24)21-3)28(25,26)18-7-5-4-6-17(18)27-15-20/h4-7,16H,8-15H2,1-3H3,(H,21,24). The Labute approximate surface area is 168 Å². The first-order valence-corrected chi connectivity index (χ1v) is 11.3. The highest BCUT2D eigenvalue weighted by atomic mass is 32.2. The highest BCUT2D eigenvalue weighted by Gasteiger charge is 2.43. The van der Waals surface area contributed by atoms with Crippen molar-refractivity contribution in [1.82, 2.24) is 14.5 Å². The Kier molecular flexibility index (Phi) is 6.31. The van der Waals surface area contributed by atoms with Gasteiger partial charge in [-0.25, -0.2) is 8.42 Å². The van der Waals surface area contributed by atoms with Crippen LogP contribution in [0.5, 0.6) is 5.75 Å². The molecule has 0 unspecified atom stereocenters. The normalized spacial score (nSPS) is 22.1. The van der Waals surface area contributed by atoms with Gasteiger partial charge in [-0.3, -0.25) is 4.79 Å². The zero-order valence-corrected chi connectivity index (χ0v) is 17.8. The van der Waals surface area contributed by atoms with E-state index in [9.17, 15) is 13.2 Å². The van der Waals surface area contributed by atoms with Crippen molar-refractivity contribution in [3.8, 4) is 5.75 Å². The minimum absolute atomic E-state index is 0.131. The monoisotopic (exact) mass is 409 g/mol. The van der Waals surface area contributed by atoms with Crippen molar-refractivity contribution in [3.63, 3.8) is 0 Å². The molecular formula is C20H31N3O4S. The zero-order chi connectivity index (χ0) is 20.4. The molecule has 0 saturated carbocycles. The molecule has 0 atom stereocenters. The number of piperidine rings is 1. The van der Waals surface area contributed by atoms with E-state index in [0.29, 0.717) is 24.8 Å². The van der Waals surface area contributed by atoms with E-state index in [1.165, 1.54) is 11.4 Å². The molecule has 0 aromatic heterocycles. The summed E-state index contributed by atoms with van der Waals surface area (Å²) in [6.45, 7) is 7.86. The fraction of sp³-hybridized carbons (Fsp3) is 0.650. The van der Waals surface area contributed by atoms with Crippen LogP contribution in [0.2, 0.25) is 0 Å². The van der Waals surface area contributed by atoms with Crippen LogP contribution in [0, 0.1) is 11.3 Å². The summed E-state index contributed by atoms with van der Waals surface area (Å²) in [6, 6.07) is 6.69. The van der Waals surface area contributed by atoms with Crippen molar-refractivity contribution in [1.29, 1.82) is 0 Å². The van der Waals surface area contributed by atoms with Gasteiger partial charge >= 0.3 is 0 Å². The van der Waals surface area contributed by atoms with E-state index in [2.05, 4.69) is 24.1 Å². The number of fused-ring (bicyclic) bond motifs is 1. The van der Waals surface area contributed by atoms with E-state index < -0.39 is 10.0 Å². The molecule has 2 aliphatic heterocycles. The molecule has 7 nitrogen and oxygen atoms in total. The number of carbonyl (C=O) groups is 1. The van der Waals surface area contributed by atoms with Crippen molar-refractivity contribution in [3.05, 3.63) is 24.3 Å². The molecule has 1 fully saturated rings. The number of sulfonamides is 1. The van der Waals surface area contributed by atoms with Gasteiger partial charge in [0.1, 0.15) is 10.6 Å². The van der Waals surface area contributed by atoms with Gasteiger partial charge in [0.05, 0.1) is 13.2 Å². The zero-order valence-electron chi connectivity index (χ0n) is 17.0. The van der Waals surface area contributed by atoms with E-state index >= 15 is 0 Å². The molecule has 0 bridgehead atoms. The first kappa shape index (κ1) is 21.1. The average Bonchev–Trinajstić information content (AvgIpc) is 2.66. The van der Waals surface area contributed by atoms with E-state index in [1.54, 1.807) is 24.3 Å². The van der Waals surface area contributed by atoms with Crippen LogP contribution < -0.4 is 10.1 Å². The van der Waals surface area contributed by atoms with Gasteiger partial charge in [0.25, 0.3) is 0 Å². The Balaban J connectivity index is 1.91. The number of hydrogen-bond acceptors (Lipinski definition) is 5. The predicted octanol–water partition coefficient (Wildman–Crippen LogP) is 1.55. The van der Waals surface area contributed by atoms with Crippen LogP contribution in [0.4, 0.5) is 0 Å². The summed E-state index contributed by atoms with van der Waals surface area (Å²) in [4.78, 5) is 14.6. The average molecular weight is 410 g/mol. The number of rotatable bonds is 4. The number of carbonyl (C=O) groups excluding carboxylic acids is 1. The lowest BCUT2D eigenvalue weighted by molar-refractivity contribution is -0.121. The molecule has 1 N–H and O–H groups in total. The highest BCUT2D eigenvalue weighted by molar-refractivity contribution is 7.89. The third-order valence-corrected chi connectivity index (χ3v) is 7.48. The summed E-state index contributed by atoms with van der Waals surface area (Å²) in [7, 11) is -2.30. The van der Waals surface area contributed by atoms with Crippen LogP contribution in [0.15, 0.2) is 29.2 Å². The Bertz CT molecular complexity index is 801. The fourth-order valence-corrected chi connectivity index (χ4v) is 5.71. The van der Waals surface area contributed by atoms with Crippen LogP contribution >= 0.6 is 0 Å². The molecular weight excluding hydrogens is 378 g/mol. The van der Waals surface area contributed by atoms with Crippen LogP contribution in [0.3, 0.4) is 0 Å². The fourth-order valence-electron chi connectivity index (χ4n) is 4.07.